The van der Waals surface area contributed by atoms with Crippen LogP contribution in [0.1, 0.15) is 6.23 Å². The van der Waals surface area contributed by atoms with Gasteiger partial charge in [0.2, 0.25) is 0 Å². The van der Waals surface area contributed by atoms with Crippen LogP contribution in [0.25, 0.3) is 11.2 Å². The van der Waals surface area contributed by atoms with Gasteiger partial charge in [-0.1, -0.05) is 0 Å². The predicted octanol–water partition coefficient (Wildman–Crippen LogP) is -3.28. The topological polar surface area (TPSA) is 292 Å². The fraction of sp³-hybridized carbons (Fsp3) is 0.667. The van der Waals surface area contributed by atoms with Crippen molar-refractivity contribution >= 4 is 32.6 Å². The molecule has 0 bridgehead atoms. The molecule has 36 heavy (non-hydrogen) atoms. The maximum absolute atomic E-state index is 12.2. The molecule has 0 aliphatic carbocycles. The Morgan fingerprint density at radius 1 is 0.972 bits per heavy atom. The summed E-state index contributed by atoms with van der Waals surface area (Å²) in [5.74, 6) is 0.0533. The summed E-state index contributed by atoms with van der Waals surface area (Å²) >= 11 is 0. The van der Waals surface area contributed by atoms with Gasteiger partial charge < -0.3 is 50.5 Å². The van der Waals surface area contributed by atoms with E-state index in [1.807, 2.05) is 0 Å². The minimum Gasteiger partial charge on any atom is -0.394 e. The van der Waals surface area contributed by atoms with Gasteiger partial charge in [-0.2, -0.15) is 4.31 Å². The van der Waals surface area contributed by atoms with Crippen LogP contribution in [0.3, 0.4) is 0 Å². The second kappa shape index (κ2) is 10.2. The second-order valence-electron chi connectivity index (χ2n) is 7.76. The lowest BCUT2D eigenvalue weighted by molar-refractivity contribution is -0.125. The molecule has 0 radical (unpaired) electrons. The third-order valence-corrected chi connectivity index (χ3v) is 7.94. The zero-order chi connectivity index (χ0) is 26.4. The van der Waals surface area contributed by atoms with E-state index in [0.29, 0.717) is 0 Å². The summed E-state index contributed by atoms with van der Waals surface area (Å²) in [6.07, 6.45) is -10.5. The van der Waals surface area contributed by atoms with Gasteiger partial charge in [0.15, 0.2) is 24.0 Å². The first-order chi connectivity index (χ1) is 16.8. The van der Waals surface area contributed by atoms with E-state index < -0.39 is 78.0 Å². The van der Waals surface area contributed by atoms with Crippen molar-refractivity contribution < 1.29 is 67.3 Å². The summed E-state index contributed by atoms with van der Waals surface area (Å²) in [6, 6.07) is 0. The Labute approximate surface area is 200 Å². The SMILES string of the molecule is Nc1ncnc2c1ncn2[C@H]1O[C@H](COP(=O)(O)OP(=O)(O)O[C@H]2O[C@H](CO)[C@@H](O)[C@H]2O)[C@@H](O)[C@H]1O. The number of phosphoric acid groups is 2. The van der Waals surface area contributed by atoms with Crippen LogP contribution < -0.4 is 5.73 Å². The number of hydrogen-bond donors (Lipinski definition) is 8. The monoisotopic (exact) mass is 559 g/mol. The predicted molar refractivity (Wildman–Crippen MR) is 111 cm³/mol. The Bertz CT molecular complexity index is 1180. The number of aliphatic hydroxyl groups is 5. The average Bonchev–Trinajstić information content (AvgIpc) is 3.43. The number of phosphoric ester groups is 2. The largest absolute Gasteiger partial charge is 0.483 e. The molecular weight excluding hydrogens is 536 g/mol. The molecule has 0 aromatic carbocycles. The highest BCUT2D eigenvalue weighted by atomic mass is 31.3. The van der Waals surface area contributed by atoms with Crippen molar-refractivity contribution in [1.82, 2.24) is 19.5 Å². The van der Waals surface area contributed by atoms with Crippen molar-refractivity contribution in [3.8, 4) is 0 Å². The minimum absolute atomic E-state index is 0.0533. The van der Waals surface area contributed by atoms with Gasteiger partial charge in [0.25, 0.3) is 0 Å². The number of aromatic nitrogens is 4. The molecule has 0 amide bonds. The maximum atomic E-state index is 12.2. The molecule has 2 aliphatic rings. The van der Waals surface area contributed by atoms with Crippen molar-refractivity contribution in [3.63, 3.8) is 0 Å². The van der Waals surface area contributed by atoms with Crippen LogP contribution >= 0.6 is 15.6 Å². The van der Waals surface area contributed by atoms with Crippen LogP contribution in [-0.2, 0) is 32.0 Å². The molecule has 2 unspecified atom stereocenters. The first kappa shape index (κ1) is 27.4. The van der Waals surface area contributed by atoms with Crippen molar-refractivity contribution in [2.75, 3.05) is 18.9 Å². The van der Waals surface area contributed by atoms with Gasteiger partial charge >= 0.3 is 15.6 Å². The number of nitrogens with two attached hydrogens (primary N) is 1. The molecule has 2 aliphatic heterocycles. The van der Waals surface area contributed by atoms with Crippen LogP contribution in [0.15, 0.2) is 12.7 Å². The maximum Gasteiger partial charge on any atom is 0.483 e. The molecule has 2 saturated heterocycles. The Kier molecular flexibility index (Phi) is 7.78. The summed E-state index contributed by atoms with van der Waals surface area (Å²) in [4.78, 5) is 31.4. The first-order valence-electron chi connectivity index (χ1n) is 10.1. The third kappa shape index (κ3) is 5.45. The molecule has 2 aromatic heterocycles. The first-order valence-corrected chi connectivity index (χ1v) is 13.1. The van der Waals surface area contributed by atoms with Gasteiger partial charge in [-0.05, 0) is 0 Å². The van der Waals surface area contributed by atoms with E-state index in [1.54, 1.807) is 0 Å². The van der Waals surface area contributed by atoms with Crippen molar-refractivity contribution in [1.29, 1.82) is 0 Å². The number of fused-ring (bicyclic) bond motifs is 1. The molecule has 4 rings (SSSR count). The molecule has 2 aromatic rings. The minimum atomic E-state index is -5.44. The fourth-order valence-electron chi connectivity index (χ4n) is 3.58. The Morgan fingerprint density at radius 3 is 2.33 bits per heavy atom. The van der Waals surface area contributed by atoms with E-state index in [2.05, 4.69) is 28.3 Å². The highest BCUT2D eigenvalue weighted by molar-refractivity contribution is 7.61. The normalized spacial score (nSPS) is 36.2. The molecule has 2 fully saturated rings. The molecule has 0 spiro atoms. The Balaban J connectivity index is 1.37. The number of ether oxygens (including phenoxy) is 2. The van der Waals surface area contributed by atoms with Crippen LogP contribution in [0.4, 0.5) is 5.82 Å². The van der Waals surface area contributed by atoms with E-state index >= 15 is 0 Å². The summed E-state index contributed by atoms with van der Waals surface area (Å²) in [5.41, 5.74) is 6.08. The van der Waals surface area contributed by atoms with Crippen molar-refractivity contribution in [3.05, 3.63) is 12.7 Å². The summed E-state index contributed by atoms with van der Waals surface area (Å²) in [6.45, 7) is -1.66. The number of rotatable bonds is 9. The lowest BCUT2D eigenvalue weighted by atomic mass is 10.1. The Morgan fingerprint density at radius 2 is 1.67 bits per heavy atom. The van der Waals surface area contributed by atoms with E-state index in [1.165, 1.54) is 10.9 Å². The number of nitrogen functional groups attached to an aromatic ring is 1. The highest BCUT2D eigenvalue weighted by Gasteiger charge is 2.49. The average molecular weight is 559 g/mol. The summed E-state index contributed by atoms with van der Waals surface area (Å²) < 4.78 is 49.1. The smallest absolute Gasteiger partial charge is 0.394 e. The van der Waals surface area contributed by atoms with E-state index in [9.17, 15) is 39.3 Å². The fourth-order valence-corrected chi connectivity index (χ4v) is 5.74. The number of nitrogens with zero attached hydrogens (tertiary/aromatic N) is 4. The molecular formula is C15H23N5O14P2. The number of imidazole rings is 1. The van der Waals surface area contributed by atoms with Crippen LogP contribution in [-0.4, -0.2) is 111 Å². The molecule has 202 valence electrons. The third-order valence-electron chi connectivity index (χ3n) is 5.34. The van der Waals surface area contributed by atoms with Gasteiger partial charge in [-0.3, -0.25) is 13.6 Å². The van der Waals surface area contributed by atoms with E-state index in [-0.39, 0.29) is 17.0 Å². The Hall–Kier alpha value is -1.67. The summed E-state index contributed by atoms with van der Waals surface area (Å²) in [7, 11) is -10.8. The number of hydrogen-bond acceptors (Lipinski definition) is 16. The van der Waals surface area contributed by atoms with Gasteiger partial charge in [0.1, 0.15) is 48.5 Å². The quantitative estimate of drug-likeness (QED) is 0.140. The van der Waals surface area contributed by atoms with Gasteiger partial charge in [-0.15, -0.1) is 0 Å². The van der Waals surface area contributed by atoms with Gasteiger partial charge in [0, 0.05) is 0 Å². The standard InChI is InChI=1S/C15H23N5O14P2/c16-12-7-13(18-3-17-12)20(4-19-7)14-10(24)9(23)6(31-14)2-30-35(26,27)34-36(28,29)33-15-11(25)8(22)5(1-21)32-15/h3-6,8-11,14-15,21-25H,1-2H2,(H,26,27)(H,28,29)(H2,16,17,18)/t5-,6-,8-,9-,10-,11-,14+,15-/m1/s1. The van der Waals surface area contributed by atoms with Crippen molar-refractivity contribution in [2.45, 2.75) is 49.1 Å². The van der Waals surface area contributed by atoms with Crippen LogP contribution in [0.5, 0.6) is 0 Å². The molecule has 9 N–H and O–H groups in total. The highest BCUT2D eigenvalue weighted by Crippen LogP contribution is 2.61. The van der Waals surface area contributed by atoms with Crippen LogP contribution in [0, 0.1) is 0 Å². The lowest BCUT2D eigenvalue weighted by Gasteiger charge is -2.21. The molecule has 4 heterocycles. The zero-order valence-electron chi connectivity index (χ0n) is 17.9. The number of anilines is 1. The molecule has 0 saturated carbocycles. The lowest BCUT2D eigenvalue weighted by Crippen LogP contribution is -2.34. The molecule has 21 heteroatoms. The van der Waals surface area contributed by atoms with E-state index in [4.69, 9.17) is 20.3 Å². The van der Waals surface area contributed by atoms with Gasteiger partial charge in [0.05, 0.1) is 19.5 Å². The molecule has 10 atom stereocenters. The van der Waals surface area contributed by atoms with Crippen molar-refractivity contribution in [2.24, 2.45) is 0 Å². The second-order valence-corrected chi connectivity index (χ2v) is 10.8. The van der Waals surface area contributed by atoms with Gasteiger partial charge in [-0.25, -0.2) is 24.1 Å². The summed E-state index contributed by atoms with van der Waals surface area (Å²) in [5, 5.41) is 49.1. The van der Waals surface area contributed by atoms with Crippen LogP contribution in [0.2, 0.25) is 0 Å². The molecule has 19 nitrogen and oxygen atoms in total. The van der Waals surface area contributed by atoms with E-state index in [0.717, 1.165) is 6.33 Å². The zero-order valence-corrected chi connectivity index (χ0v) is 19.7. The number of aliphatic hydroxyl groups excluding tert-OH is 5.